The summed E-state index contributed by atoms with van der Waals surface area (Å²) in [6.45, 7) is 0. The van der Waals surface area contributed by atoms with Crippen LogP contribution in [0.2, 0.25) is 0 Å². The molecule has 0 fully saturated rings. The lowest BCUT2D eigenvalue weighted by Crippen LogP contribution is -2.00. The second kappa shape index (κ2) is 4.67. The maximum atomic E-state index is 11.6. The number of rotatable bonds is 1. The van der Waals surface area contributed by atoms with Crippen LogP contribution in [0, 0.1) is 0 Å². The van der Waals surface area contributed by atoms with Gasteiger partial charge in [0.25, 0.3) is 0 Å². The number of hydrogen-bond donors (Lipinski definition) is 0. The maximum Gasteiger partial charge on any atom is 0.337 e. The van der Waals surface area contributed by atoms with Gasteiger partial charge in [-0.2, -0.15) is 0 Å². The van der Waals surface area contributed by atoms with Crippen LogP contribution in [0.5, 0.6) is 0 Å². The summed E-state index contributed by atoms with van der Waals surface area (Å²) in [6, 6.07) is 15.8. The smallest absolute Gasteiger partial charge is 0.337 e. The molecule has 0 saturated carbocycles. The topological polar surface area (TPSA) is 26.3 Å². The minimum atomic E-state index is -0.314. The predicted octanol–water partition coefficient (Wildman–Crippen LogP) is 4.54. The molecule has 94 valence electrons. The molecule has 0 spiro atoms. The van der Waals surface area contributed by atoms with E-state index in [-0.39, 0.29) is 5.97 Å². The summed E-state index contributed by atoms with van der Waals surface area (Å²) in [5.74, 6) is -0.314. The van der Waals surface area contributed by atoms with E-state index in [1.165, 1.54) is 12.5 Å². The Morgan fingerprint density at radius 2 is 1.74 bits per heavy atom. The highest BCUT2D eigenvalue weighted by Crippen LogP contribution is 2.33. The number of ether oxygens (including phenoxy) is 1. The van der Waals surface area contributed by atoms with E-state index in [1.807, 2.05) is 24.3 Å². The van der Waals surface area contributed by atoms with E-state index >= 15 is 0 Å². The monoisotopic (exact) mass is 314 g/mol. The zero-order chi connectivity index (χ0) is 13.4. The fraction of sp³-hybridized carbons (Fsp3) is 0.0625. The molecule has 0 radical (unpaired) electrons. The lowest BCUT2D eigenvalue weighted by Gasteiger charge is -2.07. The Labute approximate surface area is 119 Å². The average molecular weight is 315 g/mol. The zero-order valence-electron chi connectivity index (χ0n) is 10.3. The predicted molar refractivity (Wildman–Crippen MR) is 80.5 cm³/mol. The highest BCUT2D eigenvalue weighted by molar-refractivity contribution is 9.10. The summed E-state index contributed by atoms with van der Waals surface area (Å²) in [4.78, 5) is 11.6. The Balaban J connectivity index is 2.35. The van der Waals surface area contributed by atoms with E-state index in [9.17, 15) is 4.79 Å². The lowest BCUT2D eigenvalue weighted by molar-refractivity contribution is 0.0601. The number of hydrogen-bond acceptors (Lipinski definition) is 2. The van der Waals surface area contributed by atoms with Crippen molar-refractivity contribution >= 4 is 43.4 Å². The van der Waals surface area contributed by atoms with Gasteiger partial charge in [0.2, 0.25) is 0 Å². The second-order valence-electron chi connectivity index (χ2n) is 4.34. The number of halogens is 1. The first-order chi connectivity index (χ1) is 9.20. The second-order valence-corrected chi connectivity index (χ2v) is 5.13. The largest absolute Gasteiger partial charge is 0.465 e. The van der Waals surface area contributed by atoms with Crippen molar-refractivity contribution in [3.63, 3.8) is 0 Å². The molecule has 0 N–H and O–H groups in total. The number of fused-ring (bicyclic) bond motifs is 2. The van der Waals surface area contributed by atoms with Crippen LogP contribution in [0.15, 0.2) is 53.0 Å². The van der Waals surface area contributed by atoms with Crippen LogP contribution in [-0.2, 0) is 4.74 Å². The summed E-state index contributed by atoms with van der Waals surface area (Å²) >= 11 is 3.64. The van der Waals surface area contributed by atoms with Gasteiger partial charge < -0.3 is 4.74 Å². The van der Waals surface area contributed by atoms with Gasteiger partial charge in [-0.15, -0.1) is 0 Å². The lowest BCUT2D eigenvalue weighted by atomic mass is 10.0. The first-order valence-electron chi connectivity index (χ1n) is 5.90. The maximum absolute atomic E-state index is 11.6. The third-order valence-corrected chi connectivity index (χ3v) is 4.07. The van der Waals surface area contributed by atoms with E-state index < -0.39 is 0 Å². The van der Waals surface area contributed by atoms with Crippen molar-refractivity contribution in [1.29, 1.82) is 0 Å². The molecular formula is C16H11BrO2. The summed E-state index contributed by atoms with van der Waals surface area (Å²) < 4.78 is 5.81. The molecule has 0 aliphatic rings. The van der Waals surface area contributed by atoms with Crippen LogP contribution in [0.1, 0.15) is 10.4 Å². The summed E-state index contributed by atoms with van der Waals surface area (Å²) in [7, 11) is 1.39. The van der Waals surface area contributed by atoms with E-state index in [0.29, 0.717) is 5.56 Å². The zero-order valence-corrected chi connectivity index (χ0v) is 11.9. The van der Waals surface area contributed by atoms with Crippen molar-refractivity contribution in [1.82, 2.24) is 0 Å². The van der Waals surface area contributed by atoms with Gasteiger partial charge in [0, 0.05) is 4.47 Å². The van der Waals surface area contributed by atoms with Crippen molar-refractivity contribution in [3.8, 4) is 0 Å². The van der Waals surface area contributed by atoms with Gasteiger partial charge in [-0.1, -0.05) is 30.3 Å². The molecule has 0 aliphatic carbocycles. The van der Waals surface area contributed by atoms with Crippen molar-refractivity contribution in [2.45, 2.75) is 0 Å². The SMILES string of the molecule is COC(=O)c1ccc2c(Br)c3ccccc3cc2c1. The van der Waals surface area contributed by atoms with Crippen LogP contribution >= 0.6 is 15.9 Å². The van der Waals surface area contributed by atoms with E-state index in [4.69, 9.17) is 4.74 Å². The van der Waals surface area contributed by atoms with Crippen LogP contribution in [-0.4, -0.2) is 13.1 Å². The molecule has 0 amide bonds. The fourth-order valence-corrected chi connectivity index (χ4v) is 2.98. The Morgan fingerprint density at radius 3 is 2.53 bits per heavy atom. The quantitative estimate of drug-likeness (QED) is 0.487. The molecule has 3 heteroatoms. The first-order valence-corrected chi connectivity index (χ1v) is 6.69. The van der Waals surface area contributed by atoms with Gasteiger partial charge in [0.1, 0.15) is 0 Å². The Hall–Kier alpha value is -1.87. The molecule has 19 heavy (non-hydrogen) atoms. The molecule has 3 rings (SSSR count). The van der Waals surface area contributed by atoms with E-state index in [1.54, 1.807) is 6.07 Å². The van der Waals surface area contributed by atoms with Gasteiger partial charge in [0.05, 0.1) is 12.7 Å². The Bertz CT molecular complexity index is 793. The molecule has 0 aromatic heterocycles. The molecular weight excluding hydrogens is 304 g/mol. The third kappa shape index (κ3) is 2.00. The molecule has 0 saturated heterocycles. The van der Waals surface area contributed by atoms with Crippen molar-refractivity contribution in [2.75, 3.05) is 7.11 Å². The number of carbonyl (C=O) groups excluding carboxylic acids is 1. The minimum Gasteiger partial charge on any atom is -0.465 e. The minimum absolute atomic E-state index is 0.314. The number of esters is 1. The molecule has 0 unspecified atom stereocenters. The summed E-state index contributed by atoms with van der Waals surface area (Å²) in [5, 5.41) is 4.42. The molecule has 0 atom stereocenters. The molecule has 3 aromatic carbocycles. The molecule has 0 bridgehead atoms. The van der Waals surface area contributed by atoms with Crippen LogP contribution in [0.4, 0.5) is 0 Å². The van der Waals surface area contributed by atoms with Crippen LogP contribution < -0.4 is 0 Å². The van der Waals surface area contributed by atoms with E-state index in [0.717, 1.165) is 20.6 Å². The van der Waals surface area contributed by atoms with Crippen LogP contribution in [0.25, 0.3) is 21.5 Å². The first kappa shape index (κ1) is 12.2. The van der Waals surface area contributed by atoms with Gasteiger partial charge in [0.15, 0.2) is 0 Å². The molecule has 3 aromatic rings. The van der Waals surface area contributed by atoms with Crippen molar-refractivity contribution in [2.24, 2.45) is 0 Å². The average Bonchev–Trinajstić information content (AvgIpc) is 2.46. The molecule has 2 nitrogen and oxygen atoms in total. The van der Waals surface area contributed by atoms with Crippen LogP contribution in [0.3, 0.4) is 0 Å². The summed E-state index contributed by atoms with van der Waals surface area (Å²) in [6.07, 6.45) is 0. The number of methoxy groups -OCH3 is 1. The number of carbonyl (C=O) groups is 1. The normalized spacial score (nSPS) is 10.8. The third-order valence-electron chi connectivity index (χ3n) is 3.22. The highest BCUT2D eigenvalue weighted by atomic mass is 79.9. The Kier molecular flexibility index (Phi) is 2.99. The molecule has 0 aliphatic heterocycles. The van der Waals surface area contributed by atoms with Crippen molar-refractivity contribution in [3.05, 3.63) is 58.6 Å². The standard InChI is InChI=1S/C16H11BrO2/c1-19-16(18)11-6-7-14-12(9-11)8-10-4-2-3-5-13(10)15(14)17/h2-9H,1H3. The fourth-order valence-electron chi connectivity index (χ4n) is 2.26. The van der Waals surface area contributed by atoms with Gasteiger partial charge in [-0.3, -0.25) is 0 Å². The summed E-state index contributed by atoms with van der Waals surface area (Å²) in [5.41, 5.74) is 0.567. The van der Waals surface area contributed by atoms with Gasteiger partial charge >= 0.3 is 5.97 Å². The van der Waals surface area contributed by atoms with Gasteiger partial charge in [-0.05, 0) is 55.7 Å². The Morgan fingerprint density at radius 1 is 1.00 bits per heavy atom. The number of benzene rings is 3. The highest BCUT2D eigenvalue weighted by Gasteiger charge is 2.09. The van der Waals surface area contributed by atoms with Gasteiger partial charge in [-0.25, -0.2) is 4.79 Å². The van der Waals surface area contributed by atoms with E-state index in [2.05, 4.69) is 34.1 Å². The van der Waals surface area contributed by atoms with Crippen molar-refractivity contribution < 1.29 is 9.53 Å². The molecule has 0 heterocycles.